The van der Waals surface area contributed by atoms with Crippen molar-refractivity contribution in [2.45, 2.75) is 0 Å². The molecule has 0 aliphatic heterocycles. The topological polar surface area (TPSA) is 68.9 Å². The van der Waals surface area contributed by atoms with Crippen molar-refractivity contribution in [2.75, 3.05) is 0 Å². The molecule has 1 heterocycles. The summed E-state index contributed by atoms with van der Waals surface area (Å²) < 4.78 is 0. The van der Waals surface area contributed by atoms with Crippen molar-refractivity contribution >= 4 is 11.8 Å². The van der Waals surface area contributed by atoms with Crippen molar-refractivity contribution in [2.24, 2.45) is 0 Å². The molecule has 0 fully saturated rings. The summed E-state index contributed by atoms with van der Waals surface area (Å²) in [4.78, 5) is 16.8. The van der Waals surface area contributed by atoms with Gasteiger partial charge in [-0.15, -0.1) is 0 Å². The van der Waals surface area contributed by atoms with Crippen molar-refractivity contribution in [1.29, 1.82) is 0 Å². The Hall–Kier alpha value is -1.78. The van der Waals surface area contributed by atoms with Crippen molar-refractivity contribution in [3.63, 3.8) is 0 Å². The molecule has 0 aliphatic carbocycles. The number of rotatable bonds is 2. The van der Waals surface area contributed by atoms with Gasteiger partial charge in [0.25, 0.3) is 0 Å². The van der Waals surface area contributed by atoms with Crippen LogP contribution < -0.4 is 0 Å². The van der Waals surface area contributed by atoms with Crippen LogP contribution in [0.3, 0.4) is 0 Å². The fourth-order valence-electron chi connectivity index (χ4n) is 0.531. The normalized spacial score (nSPS) is 9.09. The van der Waals surface area contributed by atoms with E-state index in [-0.39, 0.29) is 5.69 Å². The summed E-state index contributed by atoms with van der Waals surface area (Å²) in [6, 6.07) is 0. The van der Waals surface area contributed by atoms with E-state index in [1.807, 2.05) is 0 Å². The monoisotopic (exact) mass is 151 g/mol. The molecule has 5 heteroatoms. The van der Waals surface area contributed by atoms with Crippen LogP contribution in [0.2, 0.25) is 0 Å². The third-order valence-electron chi connectivity index (χ3n) is 1.05. The molecule has 0 N–H and O–H groups in total. The van der Waals surface area contributed by atoms with Crippen LogP contribution in [0.4, 0.5) is 5.69 Å². The Bertz CT molecular complexity index is 280. The SMILES string of the molecule is C=Cc1ncc([N+](=O)[O-])cn1. The van der Waals surface area contributed by atoms with E-state index in [0.717, 1.165) is 12.4 Å². The van der Waals surface area contributed by atoms with E-state index in [1.165, 1.54) is 6.08 Å². The number of hydrogen-bond donors (Lipinski definition) is 0. The van der Waals surface area contributed by atoms with E-state index in [2.05, 4.69) is 16.5 Å². The van der Waals surface area contributed by atoms with Gasteiger partial charge in [-0.3, -0.25) is 10.1 Å². The second-order valence-electron chi connectivity index (χ2n) is 1.76. The first kappa shape index (κ1) is 7.33. The molecule has 11 heavy (non-hydrogen) atoms. The average Bonchev–Trinajstić information content (AvgIpc) is 2.05. The molecule has 0 atom stereocenters. The summed E-state index contributed by atoms with van der Waals surface area (Å²) in [6.45, 7) is 3.41. The third-order valence-corrected chi connectivity index (χ3v) is 1.05. The first-order chi connectivity index (χ1) is 5.24. The Balaban J connectivity index is 3.00. The minimum atomic E-state index is -0.549. The lowest BCUT2D eigenvalue weighted by molar-refractivity contribution is -0.385. The van der Waals surface area contributed by atoms with Gasteiger partial charge in [-0.25, -0.2) is 9.97 Å². The van der Waals surface area contributed by atoms with Crippen LogP contribution in [0.15, 0.2) is 19.0 Å². The number of nitrogens with zero attached hydrogens (tertiary/aromatic N) is 3. The molecule has 0 spiro atoms. The van der Waals surface area contributed by atoms with E-state index in [0.29, 0.717) is 5.82 Å². The van der Waals surface area contributed by atoms with Gasteiger partial charge < -0.3 is 0 Å². The van der Waals surface area contributed by atoms with Gasteiger partial charge in [0.05, 0.1) is 4.92 Å². The lowest BCUT2D eigenvalue weighted by Crippen LogP contribution is -1.92. The van der Waals surface area contributed by atoms with Crippen molar-refractivity contribution in [3.8, 4) is 0 Å². The molecule has 0 unspecified atom stereocenters. The molecule has 56 valence electrons. The molecule has 0 saturated carbocycles. The van der Waals surface area contributed by atoms with Gasteiger partial charge in [-0.2, -0.15) is 0 Å². The van der Waals surface area contributed by atoms with E-state index < -0.39 is 4.92 Å². The molecule has 0 aliphatic rings. The zero-order valence-corrected chi connectivity index (χ0v) is 5.60. The fraction of sp³-hybridized carbons (Fsp3) is 0. The Morgan fingerprint density at radius 3 is 2.45 bits per heavy atom. The largest absolute Gasteiger partial charge is 0.305 e. The Morgan fingerprint density at radius 2 is 2.09 bits per heavy atom. The fourth-order valence-corrected chi connectivity index (χ4v) is 0.531. The summed E-state index contributed by atoms with van der Waals surface area (Å²) in [5.74, 6) is 0.385. The van der Waals surface area contributed by atoms with Gasteiger partial charge in [0, 0.05) is 0 Å². The maximum Gasteiger partial charge on any atom is 0.305 e. The predicted molar refractivity (Wildman–Crippen MR) is 38.8 cm³/mol. The van der Waals surface area contributed by atoms with Crippen LogP contribution in [-0.2, 0) is 0 Å². The quantitative estimate of drug-likeness (QED) is 0.467. The second kappa shape index (κ2) is 2.87. The van der Waals surface area contributed by atoms with Crippen LogP contribution in [0.25, 0.3) is 6.08 Å². The molecule has 0 amide bonds. The summed E-state index contributed by atoms with van der Waals surface area (Å²) in [5.41, 5.74) is -0.115. The highest BCUT2D eigenvalue weighted by atomic mass is 16.6. The number of aromatic nitrogens is 2. The van der Waals surface area contributed by atoms with Crippen molar-refractivity contribution < 1.29 is 4.92 Å². The Morgan fingerprint density at radius 1 is 1.55 bits per heavy atom. The van der Waals surface area contributed by atoms with Crippen LogP contribution >= 0.6 is 0 Å². The van der Waals surface area contributed by atoms with E-state index in [9.17, 15) is 10.1 Å². The average molecular weight is 151 g/mol. The smallest absolute Gasteiger partial charge is 0.258 e. The van der Waals surface area contributed by atoms with E-state index in [1.54, 1.807) is 0 Å². The van der Waals surface area contributed by atoms with Crippen LogP contribution in [0.5, 0.6) is 0 Å². The Kier molecular flexibility index (Phi) is 1.91. The minimum Gasteiger partial charge on any atom is -0.258 e. The lowest BCUT2D eigenvalue weighted by Gasteiger charge is -1.89. The predicted octanol–water partition coefficient (Wildman–Crippen LogP) is 1.03. The molecule has 1 rings (SSSR count). The highest BCUT2D eigenvalue weighted by Crippen LogP contribution is 2.05. The van der Waals surface area contributed by atoms with Gasteiger partial charge in [-0.1, -0.05) is 6.58 Å². The maximum absolute atomic E-state index is 10.1. The first-order valence-electron chi connectivity index (χ1n) is 2.83. The maximum atomic E-state index is 10.1. The number of nitro groups is 1. The van der Waals surface area contributed by atoms with E-state index >= 15 is 0 Å². The van der Waals surface area contributed by atoms with Gasteiger partial charge in [0.15, 0.2) is 5.82 Å². The van der Waals surface area contributed by atoms with Gasteiger partial charge in [0.2, 0.25) is 0 Å². The van der Waals surface area contributed by atoms with Crippen LogP contribution in [-0.4, -0.2) is 14.9 Å². The standard InChI is InChI=1S/C6H5N3O2/c1-2-6-7-3-5(4-8-6)9(10)11/h2-4H,1H2. The number of hydrogen-bond acceptors (Lipinski definition) is 4. The second-order valence-corrected chi connectivity index (χ2v) is 1.76. The van der Waals surface area contributed by atoms with Gasteiger partial charge >= 0.3 is 5.69 Å². The van der Waals surface area contributed by atoms with Crippen molar-refractivity contribution in [1.82, 2.24) is 9.97 Å². The summed E-state index contributed by atoms with van der Waals surface area (Å²) >= 11 is 0. The molecule has 0 saturated heterocycles. The van der Waals surface area contributed by atoms with Gasteiger partial charge in [-0.05, 0) is 6.08 Å². The zero-order chi connectivity index (χ0) is 8.27. The van der Waals surface area contributed by atoms with Crippen LogP contribution in [0.1, 0.15) is 5.82 Å². The minimum absolute atomic E-state index is 0.115. The summed E-state index contributed by atoms with van der Waals surface area (Å²) in [7, 11) is 0. The molecule has 0 bridgehead atoms. The highest BCUT2D eigenvalue weighted by molar-refractivity contribution is 5.37. The molecular weight excluding hydrogens is 146 g/mol. The Labute approximate surface area is 62.6 Å². The van der Waals surface area contributed by atoms with Crippen LogP contribution in [0, 0.1) is 10.1 Å². The third kappa shape index (κ3) is 1.57. The molecule has 0 aromatic carbocycles. The lowest BCUT2D eigenvalue weighted by atomic mass is 10.5. The molecule has 1 aromatic heterocycles. The first-order valence-corrected chi connectivity index (χ1v) is 2.83. The zero-order valence-electron chi connectivity index (χ0n) is 5.60. The summed E-state index contributed by atoms with van der Waals surface area (Å²) in [6.07, 6.45) is 3.71. The summed E-state index contributed by atoms with van der Waals surface area (Å²) in [5, 5.41) is 10.1. The molecular formula is C6H5N3O2. The highest BCUT2D eigenvalue weighted by Gasteiger charge is 2.03. The molecule has 0 radical (unpaired) electrons. The molecule has 5 nitrogen and oxygen atoms in total. The molecule has 1 aromatic rings. The van der Waals surface area contributed by atoms with Gasteiger partial charge in [0.1, 0.15) is 12.4 Å². The van der Waals surface area contributed by atoms with Crippen molar-refractivity contribution in [3.05, 3.63) is 34.9 Å². The van der Waals surface area contributed by atoms with E-state index in [4.69, 9.17) is 0 Å².